The van der Waals surface area contributed by atoms with Gasteiger partial charge < -0.3 is 134 Å². The third-order valence-corrected chi connectivity index (χ3v) is 19.2. The fraction of sp³-hybridized carbons (Fsp3) is 0.940. The summed E-state index contributed by atoms with van der Waals surface area (Å²) in [6.07, 6.45) is -39.4. The van der Waals surface area contributed by atoms with E-state index in [1.165, 1.54) is 0 Å². The van der Waals surface area contributed by atoms with Crippen molar-refractivity contribution in [2.24, 2.45) is 28.1 Å². The molecule has 0 aromatic rings. The predicted molar refractivity (Wildman–Crippen MR) is 252 cm³/mol. The number of esters is 1. The van der Waals surface area contributed by atoms with Crippen molar-refractivity contribution in [3.05, 3.63) is 12.2 Å². The minimum absolute atomic E-state index is 0.0405. The molecule has 78 heavy (non-hydrogen) atoms. The van der Waals surface area contributed by atoms with Gasteiger partial charge in [-0.2, -0.15) is 0 Å². The van der Waals surface area contributed by atoms with E-state index in [-0.39, 0.29) is 11.8 Å². The van der Waals surface area contributed by atoms with Crippen molar-refractivity contribution in [3.8, 4) is 0 Å². The maximum Gasteiger partial charge on any atom is 0.314 e. The van der Waals surface area contributed by atoms with E-state index in [0.717, 1.165) is 0 Å². The largest absolute Gasteiger partial charge is 0.432 e. The fourth-order valence-corrected chi connectivity index (χ4v) is 15.0. The van der Waals surface area contributed by atoms with Crippen molar-refractivity contribution in [3.63, 3.8) is 0 Å². The Kier molecular flexibility index (Phi) is 18.2. The number of carbonyl (C=O) groups is 1. The molecule has 17 N–H and O–H groups in total. The van der Waals surface area contributed by atoms with E-state index in [1.54, 1.807) is 6.92 Å². The summed E-state index contributed by atoms with van der Waals surface area (Å²) < 4.78 is 59.4. The second-order valence-corrected chi connectivity index (χ2v) is 23.6. The smallest absolute Gasteiger partial charge is 0.314 e. The van der Waals surface area contributed by atoms with Gasteiger partial charge in [-0.3, -0.25) is 4.79 Å². The van der Waals surface area contributed by atoms with Gasteiger partial charge in [0, 0.05) is 0 Å². The Bertz CT molecular complexity index is 2070. The van der Waals surface area contributed by atoms with E-state index in [2.05, 4.69) is 13.5 Å². The summed E-state index contributed by atoms with van der Waals surface area (Å²) in [4.78, 5) is 14.9. The first-order chi connectivity index (χ1) is 36.9. The highest BCUT2D eigenvalue weighted by molar-refractivity contribution is 5.77. The summed E-state index contributed by atoms with van der Waals surface area (Å²) in [7, 11) is 0. The molecule has 2 bridgehead atoms. The molecule has 4 aliphatic carbocycles. The molecule has 1 spiro atoms. The third-order valence-electron chi connectivity index (χ3n) is 19.2. The second kappa shape index (κ2) is 23.3. The number of hydrogen-bond donors (Lipinski definition) is 17. The van der Waals surface area contributed by atoms with Gasteiger partial charge in [0.15, 0.2) is 31.3 Å². The van der Waals surface area contributed by atoms with E-state index in [1.807, 2.05) is 0 Å². The van der Waals surface area contributed by atoms with Crippen LogP contribution < -0.4 is 0 Å². The highest BCUT2D eigenvalue weighted by Gasteiger charge is 2.70. The maximum atomic E-state index is 14.9. The van der Waals surface area contributed by atoms with E-state index in [0.29, 0.717) is 63.4 Å². The van der Waals surface area contributed by atoms with E-state index >= 15 is 0 Å². The molecule has 5 heterocycles. The van der Waals surface area contributed by atoms with Gasteiger partial charge in [-0.05, 0) is 86.5 Å². The van der Waals surface area contributed by atoms with Gasteiger partial charge in [0.1, 0.15) is 116 Å². The zero-order valence-electron chi connectivity index (χ0n) is 43.3. The SMILES string of the molecule is C=C1CC23CCC4C(C)(C(=O)OC5OC(CO)C(O)C(O)C5OC5OC(CO)C(O)C(O)C5O)CCCC4(C)C2CCC1(OC1OC(CO)C(O)C(O)C1OC1OC(CO)C(O)C(OC2OC(CO)C(O)C(O)C2O)C1O)C3. The molecule has 4 saturated carbocycles. The van der Waals surface area contributed by atoms with Crippen LogP contribution in [0.1, 0.15) is 71.6 Å². The lowest BCUT2D eigenvalue weighted by Crippen LogP contribution is -2.67. The van der Waals surface area contributed by atoms with E-state index in [9.17, 15) is 91.6 Å². The molecule has 5 aliphatic heterocycles. The van der Waals surface area contributed by atoms with Crippen LogP contribution in [0, 0.1) is 28.1 Å². The Hall–Kier alpha value is -1.83. The first-order valence-corrected chi connectivity index (χ1v) is 26.9. The lowest BCUT2D eigenvalue weighted by molar-refractivity contribution is -0.391. The molecule has 28 nitrogen and oxygen atoms in total. The Morgan fingerprint density at radius 3 is 1.42 bits per heavy atom. The number of aliphatic hydroxyl groups excluding tert-OH is 17. The van der Waals surface area contributed by atoms with Crippen LogP contribution in [-0.2, 0) is 52.2 Å². The molecule has 448 valence electrons. The molecule has 28 heteroatoms. The molecular weight excluding hydrogens is 1050 g/mol. The van der Waals surface area contributed by atoms with Crippen molar-refractivity contribution in [1.82, 2.24) is 0 Å². The van der Waals surface area contributed by atoms with E-state index in [4.69, 9.17) is 47.4 Å². The first kappa shape index (κ1) is 60.8. The highest BCUT2D eigenvalue weighted by Crippen LogP contribution is 2.74. The summed E-state index contributed by atoms with van der Waals surface area (Å²) in [5, 5.41) is 181. The topological polar surface area (TPSA) is 453 Å². The molecule has 31 atom stereocenters. The van der Waals surface area contributed by atoms with Crippen LogP contribution in [0.3, 0.4) is 0 Å². The molecule has 0 aromatic heterocycles. The lowest BCUT2D eigenvalue weighted by Gasteiger charge is -2.64. The zero-order valence-corrected chi connectivity index (χ0v) is 43.3. The van der Waals surface area contributed by atoms with Gasteiger partial charge in [-0.15, -0.1) is 0 Å². The number of ether oxygens (including phenoxy) is 10. The molecular formula is C50H80O28. The Balaban J connectivity index is 0.922. The van der Waals surface area contributed by atoms with Crippen molar-refractivity contribution < 1.29 is 139 Å². The molecule has 9 fully saturated rings. The first-order valence-electron chi connectivity index (χ1n) is 26.9. The highest BCUT2D eigenvalue weighted by atomic mass is 16.8. The number of aliphatic hydroxyl groups is 17. The minimum atomic E-state index is -2.03. The molecule has 31 unspecified atom stereocenters. The quantitative estimate of drug-likeness (QED) is 0.0411. The van der Waals surface area contributed by atoms with Crippen molar-refractivity contribution in [2.45, 2.75) is 231 Å². The average molecular weight is 1130 g/mol. The third kappa shape index (κ3) is 10.3. The average Bonchev–Trinajstić information content (AvgIpc) is 3.87. The summed E-state index contributed by atoms with van der Waals surface area (Å²) >= 11 is 0. The van der Waals surface area contributed by atoms with Crippen molar-refractivity contribution in [1.29, 1.82) is 0 Å². The molecule has 0 radical (unpaired) electrons. The van der Waals surface area contributed by atoms with Crippen LogP contribution in [0.5, 0.6) is 0 Å². The Morgan fingerprint density at radius 2 is 0.910 bits per heavy atom. The van der Waals surface area contributed by atoms with Gasteiger partial charge in [-0.25, -0.2) is 0 Å². The van der Waals surface area contributed by atoms with Crippen LogP contribution in [-0.4, -0.2) is 285 Å². The number of fused-ring (bicyclic) bond motifs is 3. The predicted octanol–water partition coefficient (Wildman–Crippen LogP) is -7.29. The molecule has 9 rings (SSSR count). The van der Waals surface area contributed by atoms with Gasteiger partial charge in [0.25, 0.3) is 0 Å². The summed E-state index contributed by atoms with van der Waals surface area (Å²) in [5.74, 6) is -1.08. The van der Waals surface area contributed by atoms with Gasteiger partial charge in [-0.1, -0.05) is 19.9 Å². The maximum absolute atomic E-state index is 14.9. The number of hydrogen-bond acceptors (Lipinski definition) is 28. The van der Waals surface area contributed by atoms with Crippen LogP contribution in [0.25, 0.3) is 0 Å². The van der Waals surface area contributed by atoms with Crippen LogP contribution in [0.2, 0.25) is 0 Å². The molecule has 5 saturated heterocycles. The number of rotatable bonds is 15. The number of carbonyl (C=O) groups excluding carboxylic acids is 1. The normalized spacial score (nSPS) is 54.5. The molecule has 0 amide bonds. The summed E-state index contributed by atoms with van der Waals surface area (Å²) in [6.45, 7) is 4.36. The van der Waals surface area contributed by atoms with Crippen LogP contribution in [0.4, 0.5) is 0 Å². The summed E-state index contributed by atoms with van der Waals surface area (Å²) in [6, 6.07) is 0. The molecule has 0 aromatic carbocycles. The Morgan fingerprint density at radius 1 is 0.487 bits per heavy atom. The molecule has 9 aliphatic rings. The van der Waals surface area contributed by atoms with Crippen molar-refractivity contribution >= 4 is 5.97 Å². The van der Waals surface area contributed by atoms with Gasteiger partial charge in [0.05, 0.1) is 44.1 Å². The van der Waals surface area contributed by atoms with Gasteiger partial charge in [0.2, 0.25) is 6.29 Å². The second-order valence-electron chi connectivity index (χ2n) is 23.6. The fourth-order valence-electron chi connectivity index (χ4n) is 15.0. The van der Waals surface area contributed by atoms with Gasteiger partial charge >= 0.3 is 5.97 Å². The minimum Gasteiger partial charge on any atom is -0.432 e. The van der Waals surface area contributed by atoms with E-state index < -0.39 is 214 Å². The van der Waals surface area contributed by atoms with Crippen LogP contribution in [0.15, 0.2) is 12.2 Å². The Labute approximate surface area is 448 Å². The standard InChI is InChI=1S/C50H80O28/c1-18-11-49-9-5-24-47(2,7-4-8-48(24,3)46(68)77-44-39(33(63)28(58)21(14-53)72-44)75-42-36(66)32(62)27(57)20(13-52)70-42)25(49)6-10-50(18,17-49)78-45-40(34(64)29(59)22(15-54)73-45)76-43-37(67)38(30(60)23(16-55)71-43)74-41-35(65)31(61)26(56)19(12-51)69-41/h19-45,51-67H,1,4-17H2,2-3H3. The summed E-state index contributed by atoms with van der Waals surface area (Å²) in [5.41, 5.74) is -2.64. The monoisotopic (exact) mass is 1130 g/mol. The zero-order chi connectivity index (χ0) is 56.7. The van der Waals surface area contributed by atoms with Crippen LogP contribution >= 0.6 is 0 Å². The van der Waals surface area contributed by atoms with Crippen molar-refractivity contribution in [2.75, 3.05) is 33.0 Å². The lowest BCUT2D eigenvalue weighted by atomic mass is 9.41.